The molecule has 20 heavy (non-hydrogen) atoms. The third kappa shape index (κ3) is 3.96. The summed E-state index contributed by atoms with van der Waals surface area (Å²) in [6, 6.07) is 1.41. The number of carbonyl (C=O) groups excluding carboxylic acids is 1. The number of sulfonamides is 1. The highest BCUT2D eigenvalue weighted by Crippen LogP contribution is 2.20. The van der Waals surface area contributed by atoms with Gasteiger partial charge in [-0.3, -0.25) is 14.9 Å². The monoisotopic (exact) mass is 305 g/mol. The lowest BCUT2D eigenvalue weighted by Gasteiger charge is -2.12. The van der Waals surface area contributed by atoms with Crippen molar-refractivity contribution in [2.75, 3.05) is 0 Å². The van der Waals surface area contributed by atoms with Gasteiger partial charge in [-0.05, 0) is 13.0 Å². The van der Waals surface area contributed by atoms with Crippen molar-refractivity contribution in [2.45, 2.75) is 24.3 Å². The van der Waals surface area contributed by atoms with Gasteiger partial charge in [0.1, 0.15) is 0 Å². The SMILES string of the molecule is CC(CC(N)=O)NS(=O)(=O)c1ccc([N+](=O)[O-])c(F)c1. The van der Waals surface area contributed by atoms with Crippen LogP contribution in [0.2, 0.25) is 0 Å². The molecule has 8 nitrogen and oxygen atoms in total. The number of benzene rings is 1. The number of halogens is 1. The fraction of sp³-hybridized carbons (Fsp3) is 0.300. The molecule has 0 aliphatic rings. The van der Waals surface area contributed by atoms with Crippen LogP contribution in [-0.2, 0) is 14.8 Å². The lowest BCUT2D eigenvalue weighted by atomic mass is 10.2. The Morgan fingerprint density at radius 2 is 2.15 bits per heavy atom. The smallest absolute Gasteiger partial charge is 0.304 e. The predicted octanol–water partition coefficient (Wildman–Crippen LogP) is 0.276. The molecule has 0 radical (unpaired) electrons. The first-order chi connectivity index (χ1) is 9.13. The van der Waals surface area contributed by atoms with E-state index in [9.17, 15) is 27.7 Å². The number of carbonyl (C=O) groups is 1. The zero-order valence-corrected chi connectivity index (χ0v) is 11.2. The van der Waals surface area contributed by atoms with Crippen molar-refractivity contribution in [1.82, 2.24) is 4.72 Å². The Kier molecular flexibility index (Phi) is 4.73. The molecule has 0 heterocycles. The van der Waals surface area contributed by atoms with Gasteiger partial charge in [-0.25, -0.2) is 13.1 Å². The number of hydrogen-bond acceptors (Lipinski definition) is 5. The van der Waals surface area contributed by atoms with E-state index in [1.807, 2.05) is 0 Å². The second kappa shape index (κ2) is 5.92. The number of nitrogens with one attached hydrogen (secondary N) is 1. The van der Waals surface area contributed by atoms with Crippen molar-refractivity contribution in [3.63, 3.8) is 0 Å². The van der Waals surface area contributed by atoms with Crippen molar-refractivity contribution in [1.29, 1.82) is 0 Å². The molecule has 1 atom stereocenters. The number of rotatable bonds is 6. The van der Waals surface area contributed by atoms with E-state index in [-0.39, 0.29) is 6.42 Å². The number of nitro groups is 1. The minimum absolute atomic E-state index is 0.227. The van der Waals surface area contributed by atoms with E-state index in [4.69, 9.17) is 5.73 Å². The number of amides is 1. The van der Waals surface area contributed by atoms with Crippen molar-refractivity contribution in [3.05, 3.63) is 34.1 Å². The summed E-state index contributed by atoms with van der Waals surface area (Å²) in [5, 5.41) is 10.4. The molecule has 1 aromatic carbocycles. The van der Waals surface area contributed by atoms with Crippen molar-refractivity contribution >= 4 is 21.6 Å². The van der Waals surface area contributed by atoms with Crippen LogP contribution in [0.1, 0.15) is 13.3 Å². The fourth-order valence-corrected chi connectivity index (χ4v) is 2.73. The van der Waals surface area contributed by atoms with Gasteiger partial charge in [-0.2, -0.15) is 4.39 Å². The van der Waals surface area contributed by atoms with Gasteiger partial charge in [0.15, 0.2) is 0 Å². The van der Waals surface area contributed by atoms with Gasteiger partial charge < -0.3 is 5.73 Å². The Morgan fingerprint density at radius 3 is 2.60 bits per heavy atom. The number of nitrogens with two attached hydrogens (primary N) is 1. The van der Waals surface area contributed by atoms with E-state index in [2.05, 4.69) is 4.72 Å². The number of primary amides is 1. The van der Waals surface area contributed by atoms with Gasteiger partial charge in [-0.1, -0.05) is 0 Å². The minimum Gasteiger partial charge on any atom is -0.370 e. The second-order valence-electron chi connectivity index (χ2n) is 4.06. The summed E-state index contributed by atoms with van der Waals surface area (Å²) in [5.74, 6) is -1.96. The zero-order valence-electron chi connectivity index (χ0n) is 10.4. The highest BCUT2D eigenvalue weighted by atomic mass is 32.2. The molecule has 0 aliphatic carbocycles. The molecule has 0 saturated heterocycles. The Hall–Kier alpha value is -2.07. The summed E-state index contributed by atoms with van der Waals surface area (Å²) in [4.78, 5) is 19.7. The molecule has 0 fully saturated rings. The molecule has 0 spiro atoms. The van der Waals surface area contributed by atoms with Crippen molar-refractivity contribution in [3.8, 4) is 0 Å². The van der Waals surface area contributed by atoms with Crippen LogP contribution in [0.25, 0.3) is 0 Å². The minimum atomic E-state index is -4.09. The first-order valence-corrected chi connectivity index (χ1v) is 6.86. The van der Waals surface area contributed by atoms with Crippen LogP contribution >= 0.6 is 0 Å². The summed E-state index contributed by atoms with van der Waals surface area (Å²) >= 11 is 0. The fourth-order valence-electron chi connectivity index (χ4n) is 1.48. The molecule has 3 N–H and O–H groups in total. The molecule has 110 valence electrons. The molecular formula is C10H12FN3O5S. The van der Waals surface area contributed by atoms with Gasteiger partial charge in [0.05, 0.1) is 9.82 Å². The summed E-state index contributed by atoms with van der Waals surface area (Å²) in [6.45, 7) is 1.41. The molecule has 0 aliphatic heterocycles. The maximum Gasteiger partial charge on any atom is 0.304 e. The third-order valence-electron chi connectivity index (χ3n) is 2.29. The lowest BCUT2D eigenvalue weighted by Crippen LogP contribution is -2.35. The average molecular weight is 305 g/mol. The molecule has 1 unspecified atom stereocenters. The molecular weight excluding hydrogens is 293 g/mol. The largest absolute Gasteiger partial charge is 0.370 e. The maximum atomic E-state index is 13.4. The number of nitro benzene ring substituents is 1. The third-order valence-corrected chi connectivity index (χ3v) is 3.88. The first-order valence-electron chi connectivity index (χ1n) is 5.38. The van der Waals surface area contributed by atoms with E-state index in [1.54, 1.807) is 0 Å². The van der Waals surface area contributed by atoms with Crippen LogP contribution < -0.4 is 10.5 Å². The van der Waals surface area contributed by atoms with Gasteiger partial charge in [0.2, 0.25) is 21.7 Å². The summed E-state index contributed by atoms with van der Waals surface area (Å²) in [6.07, 6.45) is -0.227. The van der Waals surface area contributed by atoms with Gasteiger partial charge in [0.25, 0.3) is 0 Å². The highest BCUT2D eigenvalue weighted by Gasteiger charge is 2.22. The Labute approximate surface area is 114 Å². The summed E-state index contributed by atoms with van der Waals surface area (Å²) in [7, 11) is -4.09. The van der Waals surface area contributed by atoms with Crippen LogP contribution in [0.15, 0.2) is 23.1 Å². The van der Waals surface area contributed by atoms with E-state index in [1.165, 1.54) is 6.92 Å². The van der Waals surface area contributed by atoms with Crippen LogP contribution in [0, 0.1) is 15.9 Å². The summed E-state index contributed by atoms with van der Waals surface area (Å²) in [5.41, 5.74) is 4.09. The number of hydrogen-bond donors (Lipinski definition) is 2. The standard InChI is InChI=1S/C10H12FN3O5S/c1-6(4-10(12)15)13-20(18,19)7-2-3-9(14(16)17)8(11)5-7/h2-3,5-6,13H,4H2,1H3,(H2,12,15). The quantitative estimate of drug-likeness (QED) is 0.575. The topological polar surface area (TPSA) is 132 Å². The first kappa shape index (κ1) is 16.0. The van der Waals surface area contributed by atoms with Gasteiger partial charge >= 0.3 is 5.69 Å². The van der Waals surface area contributed by atoms with Crippen LogP contribution in [0.3, 0.4) is 0 Å². The van der Waals surface area contributed by atoms with Gasteiger partial charge in [-0.15, -0.1) is 0 Å². The Morgan fingerprint density at radius 1 is 1.55 bits per heavy atom. The Balaban J connectivity index is 3.02. The molecule has 0 saturated carbocycles. The molecule has 0 bridgehead atoms. The van der Waals surface area contributed by atoms with E-state index >= 15 is 0 Å². The molecule has 1 aromatic rings. The van der Waals surface area contributed by atoms with Crippen molar-refractivity contribution < 1.29 is 22.5 Å². The van der Waals surface area contributed by atoms with Crippen LogP contribution in [0.4, 0.5) is 10.1 Å². The van der Waals surface area contributed by atoms with Gasteiger partial charge in [0, 0.05) is 24.6 Å². The van der Waals surface area contributed by atoms with E-state index < -0.39 is 43.3 Å². The second-order valence-corrected chi connectivity index (χ2v) is 5.78. The van der Waals surface area contributed by atoms with Crippen molar-refractivity contribution in [2.24, 2.45) is 5.73 Å². The maximum absolute atomic E-state index is 13.4. The van der Waals surface area contributed by atoms with Crippen LogP contribution in [-0.4, -0.2) is 25.3 Å². The summed E-state index contributed by atoms with van der Waals surface area (Å²) < 4.78 is 39.2. The molecule has 1 rings (SSSR count). The number of nitrogens with zero attached hydrogens (tertiary/aromatic N) is 1. The molecule has 0 aromatic heterocycles. The van der Waals surface area contributed by atoms with E-state index in [0.29, 0.717) is 6.07 Å². The van der Waals surface area contributed by atoms with Crippen LogP contribution in [0.5, 0.6) is 0 Å². The Bertz CT molecular complexity index is 646. The lowest BCUT2D eigenvalue weighted by molar-refractivity contribution is -0.387. The van der Waals surface area contributed by atoms with E-state index in [0.717, 1.165) is 12.1 Å². The highest BCUT2D eigenvalue weighted by molar-refractivity contribution is 7.89. The predicted molar refractivity (Wildman–Crippen MR) is 66.6 cm³/mol. The molecule has 1 amide bonds. The average Bonchev–Trinajstić information content (AvgIpc) is 2.25. The normalized spacial score (nSPS) is 12.9. The zero-order chi connectivity index (χ0) is 15.5. The molecule has 10 heteroatoms.